The maximum Gasteiger partial charge on any atom is 0.275 e. The number of hydrazone groups is 1. The molecule has 166 valence electrons. The molecule has 0 bridgehead atoms. The van der Waals surface area contributed by atoms with Crippen LogP contribution in [0, 0.1) is 0 Å². The number of hydrogen-bond donors (Lipinski definition) is 2. The summed E-state index contributed by atoms with van der Waals surface area (Å²) in [5, 5.41) is 15.9. The summed E-state index contributed by atoms with van der Waals surface area (Å²) in [6.07, 6.45) is 1.50. The number of hydrogen-bond acceptors (Lipinski definition) is 5. The summed E-state index contributed by atoms with van der Waals surface area (Å²) in [7, 11) is 1.56. The average molecular weight is 505 g/mol. The average Bonchev–Trinajstić information content (AvgIpc) is 2.83. The van der Waals surface area contributed by atoms with E-state index >= 15 is 0 Å². The molecule has 6 nitrogen and oxygen atoms in total. The van der Waals surface area contributed by atoms with Gasteiger partial charge in [0.05, 0.1) is 18.9 Å². The molecule has 0 atom stereocenters. The molecule has 0 unspecified atom stereocenters. The molecule has 7 heteroatoms. The number of phenols is 1. The molecule has 4 rings (SSSR count). The van der Waals surface area contributed by atoms with Gasteiger partial charge in [-0.05, 0) is 64.4 Å². The minimum atomic E-state index is -0.504. The Hall–Kier alpha value is -3.84. The van der Waals surface area contributed by atoms with Gasteiger partial charge in [0, 0.05) is 4.47 Å². The zero-order chi connectivity index (χ0) is 23.2. The monoisotopic (exact) mass is 504 g/mol. The maximum atomic E-state index is 12.5. The molecule has 4 aromatic carbocycles. The molecule has 0 radical (unpaired) electrons. The van der Waals surface area contributed by atoms with Crippen LogP contribution in [0.4, 0.5) is 0 Å². The third-order valence-corrected chi connectivity index (χ3v) is 5.51. The van der Waals surface area contributed by atoms with E-state index < -0.39 is 5.91 Å². The highest BCUT2D eigenvalue weighted by Gasteiger charge is 2.12. The molecule has 0 aliphatic carbocycles. The number of phenolic OH excluding ortho intramolecular Hbond substituents is 1. The molecule has 0 heterocycles. The summed E-state index contributed by atoms with van der Waals surface area (Å²) in [5.74, 6) is 0.545. The molecule has 0 saturated heterocycles. The van der Waals surface area contributed by atoms with Crippen LogP contribution >= 0.6 is 15.9 Å². The smallest absolute Gasteiger partial charge is 0.275 e. The first-order valence-corrected chi connectivity index (χ1v) is 10.9. The predicted molar refractivity (Wildman–Crippen MR) is 132 cm³/mol. The molecule has 1 amide bonds. The highest BCUT2D eigenvalue weighted by molar-refractivity contribution is 9.10. The van der Waals surface area contributed by atoms with E-state index in [0.29, 0.717) is 23.7 Å². The Bertz CT molecular complexity index is 1320. The lowest BCUT2D eigenvalue weighted by molar-refractivity contribution is 0.0952. The van der Waals surface area contributed by atoms with Crippen LogP contribution in [0.5, 0.6) is 17.2 Å². The second-order valence-electron chi connectivity index (χ2n) is 7.24. The van der Waals surface area contributed by atoms with Crippen molar-refractivity contribution in [1.82, 2.24) is 5.43 Å². The Morgan fingerprint density at radius 2 is 1.73 bits per heavy atom. The highest BCUT2D eigenvalue weighted by atomic mass is 79.9. The summed E-state index contributed by atoms with van der Waals surface area (Å²) in [6, 6.07) is 23.9. The number of rotatable bonds is 7. The molecule has 33 heavy (non-hydrogen) atoms. The number of aromatic hydroxyl groups is 1. The van der Waals surface area contributed by atoms with Crippen molar-refractivity contribution in [2.24, 2.45) is 5.10 Å². The minimum Gasteiger partial charge on any atom is -0.507 e. The second kappa shape index (κ2) is 10.2. The van der Waals surface area contributed by atoms with E-state index in [-0.39, 0.29) is 11.3 Å². The summed E-state index contributed by atoms with van der Waals surface area (Å²) in [5.41, 5.74) is 4.35. The van der Waals surface area contributed by atoms with Crippen molar-refractivity contribution in [2.75, 3.05) is 7.11 Å². The Morgan fingerprint density at radius 1 is 1.00 bits per heavy atom. The van der Waals surface area contributed by atoms with Gasteiger partial charge in [0.15, 0.2) is 11.5 Å². The van der Waals surface area contributed by atoms with Gasteiger partial charge in [0.1, 0.15) is 12.4 Å². The van der Waals surface area contributed by atoms with Crippen LogP contribution in [-0.4, -0.2) is 24.3 Å². The third kappa shape index (κ3) is 5.51. The maximum absolute atomic E-state index is 12.5. The summed E-state index contributed by atoms with van der Waals surface area (Å²) in [4.78, 5) is 12.5. The molecule has 0 aliphatic heterocycles. The Morgan fingerprint density at radius 3 is 2.45 bits per heavy atom. The first-order valence-electron chi connectivity index (χ1n) is 10.1. The molecule has 0 aromatic heterocycles. The lowest BCUT2D eigenvalue weighted by Crippen LogP contribution is -2.17. The van der Waals surface area contributed by atoms with E-state index in [1.54, 1.807) is 31.4 Å². The number of methoxy groups -OCH3 is 1. The normalized spacial score (nSPS) is 11.0. The van der Waals surface area contributed by atoms with Gasteiger partial charge in [-0.3, -0.25) is 4.79 Å². The van der Waals surface area contributed by atoms with Gasteiger partial charge in [-0.1, -0.05) is 52.3 Å². The zero-order valence-electron chi connectivity index (χ0n) is 17.8. The molecule has 2 N–H and O–H groups in total. The van der Waals surface area contributed by atoms with E-state index in [9.17, 15) is 9.90 Å². The van der Waals surface area contributed by atoms with Crippen molar-refractivity contribution < 1.29 is 19.4 Å². The Labute approximate surface area is 199 Å². The summed E-state index contributed by atoms with van der Waals surface area (Å²) in [6.45, 7) is 0.405. The minimum absolute atomic E-state index is 0.102. The fraction of sp³-hybridized carbons (Fsp3) is 0.0769. The van der Waals surface area contributed by atoms with E-state index in [4.69, 9.17) is 9.47 Å². The summed E-state index contributed by atoms with van der Waals surface area (Å²) >= 11 is 3.42. The van der Waals surface area contributed by atoms with Crippen LogP contribution in [0.25, 0.3) is 10.8 Å². The SMILES string of the molecule is COc1cc(C=NNC(=O)c2cc3ccccc3cc2O)ccc1OCc1ccc(Br)cc1. The van der Waals surface area contributed by atoms with Crippen LogP contribution in [-0.2, 0) is 6.61 Å². The molecule has 0 aliphatic rings. The van der Waals surface area contributed by atoms with Gasteiger partial charge < -0.3 is 14.6 Å². The Balaban J connectivity index is 1.42. The van der Waals surface area contributed by atoms with Crippen molar-refractivity contribution in [1.29, 1.82) is 0 Å². The molecular weight excluding hydrogens is 484 g/mol. The quantitative estimate of drug-likeness (QED) is 0.251. The topological polar surface area (TPSA) is 80.2 Å². The molecule has 0 spiro atoms. The van der Waals surface area contributed by atoms with Crippen LogP contribution in [0.2, 0.25) is 0 Å². The highest BCUT2D eigenvalue weighted by Crippen LogP contribution is 2.29. The van der Waals surface area contributed by atoms with Crippen molar-refractivity contribution in [3.05, 3.63) is 100 Å². The number of benzene rings is 4. The number of halogens is 1. The number of carbonyl (C=O) groups excluding carboxylic acids is 1. The van der Waals surface area contributed by atoms with Crippen molar-refractivity contribution in [3.8, 4) is 17.2 Å². The van der Waals surface area contributed by atoms with E-state index in [1.165, 1.54) is 6.21 Å². The van der Waals surface area contributed by atoms with E-state index in [2.05, 4.69) is 26.5 Å². The van der Waals surface area contributed by atoms with Gasteiger partial charge in [0.2, 0.25) is 0 Å². The number of fused-ring (bicyclic) bond motifs is 1. The lowest BCUT2D eigenvalue weighted by Gasteiger charge is -2.11. The number of carbonyl (C=O) groups is 1. The van der Waals surface area contributed by atoms with Gasteiger partial charge in [-0.15, -0.1) is 0 Å². The van der Waals surface area contributed by atoms with Crippen LogP contribution in [0.15, 0.2) is 88.4 Å². The van der Waals surface area contributed by atoms with Crippen LogP contribution < -0.4 is 14.9 Å². The number of ether oxygens (including phenoxy) is 2. The predicted octanol–water partition coefficient (Wildman–Crippen LogP) is 5.66. The number of nitrogens with zero attached hydrogens (tertiary/aromatic N) is 1. The number of nitrogens with one attached hydrogen (secondary N) is 1. The van der Waals surface area contributed by atoms with E-state index in [0.717, 1.165) is 20.8 Å². The third-order valence-electron chi connectivity index (χ3n) is 4.98. The molecule has 0 saturated carbocycles. The second-order valence-corrected chi connectivity index (χ2v) is 8.16. The first kappa shape index (κ1) is 22.4. The van der Waals surface area contributed by atoms with E-state index in [1.807, 2.05) is 54.6 Å². The van der Waals surface area contributed by atoms with Gasteiger partial charge in [0.25, 0.3) is 5.91 Å². The first-order chi connectivity index (χ1) is 16.0. The standard InChI is InChI=1S/C26H21BrN2O4/c1-32-25-12-18(8-11-24(25)33-16-17-6-9-21(27)10-7-17)15-28-29-26(31)22-13-19-4-2-3-5-20(19)14-23(22)30/h2-15,30H,16H2,1H3,(H,29,31). The van der Waals surface area contributed by atoms with Crippen molar-refractivity contribution in [3.63, 3.8) is 0 Å². The van der Waals surface area contributed by atoms with Crippen molar-refractivity contribution >= 4 is 38.8 Å². The molecule has 4 aromatic rings. The number of amides is 1. The van der Waals surface area contributed by atoms with Crippen molar-refractivity contribution in [2.45, 2.75) is 6.61 Å². The van der Waals surface area contributed by atoms with Gasteiger partial charge in [-0.2, -0.15) is 5.10 Å². The van der Waals surface area contributed by atoms with Gasteiger partial charge in [-0.25, -0.2) is 5.43 Å². The zero-order valence-corrected chi connectivity index (χ0v) is 19.4. The largest absolute Gasteiger partial charge is 0.507 e. The van der Waals surface area contributed by atoms with Crippen LogP contribution in [0.1, 0.15) is 21.5 Å². The fourth-order valence-electron chi connectivity index (χ4n) is 3.26. The Kier molecular flexibility index (Phi) is 6.90. The van der Waals surface area contributed by atoms with Gasteiger partial charge >= 0.3 is 0 Å². The summed E-state index contributed by atoms with van der Waals surface area (Å²) < 4.78 is 12.3. The van der Waals surface area contributed by atoms with Crippen LogP contribution in [0.3, 0.4) is 0 Å². The molecule has 0 fully saturated rings. The lowest BCUT2D eigenvalue weighted by atomic mass is 10.1. The molecular formula is C26H21BrN2O4. The fourth-order valence-corrected chi connectivity index (χ4v) is 3.53.